The number of rotatable bonds is 2. The number of aromatic nitrogens is 2. The third-order valence-corrected chi connectivity index (χ3v) is 6.20. The van der Waals surface area contributed by atoms with Crippen LogP contribution in [0.2, 0.25) is 5.02 Å². The number of hydrogen-bond donors (Lipinski definition) is 0. The van der Waals surface area contributed by atoms with Gasteiger partial charge in [0.1, 0.15) is 24.6 Å². The molecule has 0 aliphatic carbocycles. The van der Waals surface area contributed by atoms with Gasteiger partial charge < -0.3 is 9.64 Å². The maximum Gasteiger partial charge on any atom is 0.338 e. The van der Waals surface area contributed by atoms with E-state index >= 15 is 0 Å². The standard InChI is InChI=1S/C24H15ClFN3O2/c25-19-10-22-15(9-20(19)26)5-6-29(22)23-18-8-14(3-4-21(18)27-12-28-23)13-1-2-16-11-31-24(30)17(16)7-13/h1-4,7-10,12H,5-6,11H2. The predicted molar refractivity (Wildman–Crippen MR) is 116 cm³/mol. The molecule has 5 nitrogen and oxygen atoms in total. The molecule has 3 aromatic carbocycles. The zero-order valence-electron chi connectivity index (χ0n) is 16.2. The lowest BCUT2D eigenvalue weighted by molar-refractivity contribution is 0.0535. The number of halogens is 2. The quantitative estimate of drug-likeness (QED) is 0.395. The summed E-state index contributed by atoms with van der Waals surface area (Å²) in [6, 6.07) is 14.9. The molecule has 0 N–H and O–H groups in total. The number of anilines is 2. The van der Waals surface area contributed by atoms with Crippen molar-refractivity contribution >= 4 is 40.0 Å². The number of hydrogen-bond acceptors (Lipinski definition) is 5. The summed E-state index contributed by atoms with van der Waals surface area (Å²) in [6.07, 6.45) is 2.24. The molecule has 3 heterocycles. The Labute approximate surface area is 182 Å². The molecule has 152 valence electrons. The fourth-order valence-electron chi connectivity index (χ4n) is 4.33. The summed E-state index contributed by atoms with van der Waals surface area (Å²) in [4.78, 5) is 23.0. The van der Waals surface area contributed by atoms with Gasteiger partial charge in [-0.25, -0.2) is 19.2 Å². The van der Waals surface area contributed by atoms with Crippen molar-refractivity contribution in [1.29, 1.82) is 0 Å². The van der Waals surface area contributed by atoms with E-state index in [0.29, 0.717) is 25.1 Å². The second kappa shape index (κ2) is 6.75. The number of esters is 1. The van der Waals surface area contributed by atoms with Gasteiger partial charge in [-0.05, 0) is 53.4 Å². The van der Waals surface area contributed by atoms with Crippen LogP contribution in [0.1, 0.15) is 21.5 Å². The van der Waals surface area contributed by atoms with Gasteiger partial charge in [0.15, 0.2) is 0 Å². The van der Waals surface area contributed by atoms with Gasteiger partial charge in [0.05, 0.1) is 16.1 Å². The van der Waals surface area contributed by atoms with Crippen molar-refractivity contribution in [2.45, 2.75) is 13.0 Å². The molecule has 2 aliphatic rings. The lowest BCUT2D eigenvalue weighted by atomic mass is 9.99. The minimum absolute atomic E-state index is 0.0923. The molecule has 31 heavy (non-hydrogen) atoms. The highest BCUT2D eigenvalue weighted by Gasteiger charge is 2.25. The smallest absolute Gasteiger partial charge is 0.338 e. The number of nitrogens with zero attached hydrogens (tertiary/aromatic N) is 3. The Hall–Kier alpha value is -3.51. The molecule has 0 atom stereocenters. The summed E-state index contributed by atoms with van der Waals surface area (Å²) in [6.45, 7) is 0.998. The third kappa shape index (κ3) is 2.86. The fraction of sp³-hybridized carbons (Fsp3) is 0.125. The molecule has 1 aromatic heterocycles. The second-order valence-electron chi connectivity index (χ2n) is 7.67. The van der Waals surface area contributed by atoms with Gasteiger partial charge in [-0.15, -0.1) is 0 Å². The molecule has 7 heteroatoms. The minimum Gasteiger partial charge on any atom is -0.457 e. The first-order valence-corrected chi connectivity index (χ1v) is 10.3. The van der Waals surface area contributed by atoms with Crippen molar-refractivity contribution in [2.24, 2.45) is 0 Å². The number of carbonyl (C=O) groups excluding carboxylic acids is 1. The van der Waals surface area contributed by atoms with Crippen LogP contribution in [-0.4, -0.2) is 22.5 Å². The van der Waals surface area contributed by atoms with Crippen molar-refractivity contribution < 1.29 is 13.9 Å². The second-order valence-corrected chi connectivity index (χ2v) is 8.08. The molecule has 0 saturated carbocycles. The van der Waals surface area contributed by atoms with E-state index in [4.69, 9.17) is 16.3 Å². The Morgan fingerprint density at radius 2 is 1.84 bits per heavy atom. The number of benzene rings is 3. The van der Waals surface area contributed by atoms with Crippen LogP contribution in [0, 0.1) is 5.82 Å². The monoisotopic (exact) mass is 431 g/mol. The Bertz CT molecular complexity index is 1410. The lowest BCUT2D eigenvalue weighted by Gasteiger charge is -2.20. The van der Waals surface area contributed by atoms with Gasteiger partial charge in [0.2, 0.25) is 0 Å². The van der Waals surface area contributed by atoms with Crippen LogP contribution >= 0.6 is 11.6 Å². The summed E-state index contributed by atoms with van der Waals surface area (Å²) < 4.78 is 19.0. The lowest BCUT2D eigenvalue weighted by Crippen LogP contribution is -2.15. The normalized spacial score (nSPS) is 14.6. The zero-order chi connectivity index (χ0) is 21.1. The minimum atomic E-state index is -0.410. The molecule has 0 bridgehead atoms. The van der Waals surface area contributed by atoms with Crippen LogP contribution in [0.25, 0.3) is 22.0 Å². The predicted octanol–water partition coefficient (Wildman–Crippen LogP) is 5.45. The zero-order valence-corrected chi connectivity index (χ0v) is 17.0. The van der Waals surface area contributed by atoms with Gasteiger partial charge in [0.25, 0.3) is 0 Å². The molecule has 0 fully saturated rings. The average Bonchev–Trinajstić information content (AvgIpc) is 3.36. The highest BCUT2D eigenvalue weighted by Crippen LogP contribution is 2.40. The van der Waals surface area contributed by atoms with E-state index in [1.807, 2.05) is 36.4 Å². The summed E-state index contributed by atoms with van der Waals surface area (Å²) >= 11 is 6.05. The highest BCUT2D eigenvalue weighted by atomic mass is 35.5. The number of cyclic esters (lactones) is 1. The van der Waals surface area contributed by atoms with Crippen LogP contribution in [0.5, 0.6) is 0 Å². The van der Waals surface area contributed by atoms with Crippen molar-refractivity contribution in [3.05, 3.63) is 82.4 Å². The van der Waals surface area contributed by atoms with Gasteiger partial charge in [0, 0.05) is 23.2 Å². The fourth-order valence-corrected chi connectivity index (χ4v) is 4.49. The summed E-state index contributed by atoms with van der Waals surface area (Å²) in [5.74, 6) is 0.0422. The molecule has 2 aliphatic heterocycles. The van der Waals surface area contributed by atoms with Gasteiger partial charge in [-0.1, -0.05) is 29.8 Å². The maximum absolute atomic E-state index is 13.9. The molecule has 0 radical (unpaired) electrons. The molecular formula is C24H15ClFN3O2. The van der Waals surface area contributed by atoms with E-state index < -0.39 is 5.82 Å². The number of carbonyl (C=O) groups is 1. The highest BCUT2D eigenvalue weighted by molar-refractivity contribution is 6.31. The van der Waals surface area contributed by atoms with E-state index in [-0.39, 0.29) is 11.0 Å². The molecule has 0 saturated heterocycles. The van der Waals surface area contributed by atoms with E-state index in [2.05, 4.69) is 14.9 Å². The van der Waals surface area contributed by atoms with Gasteiger partial charge in [-0.2, -0.15) is 0 Å². The molecule has 0 spiro atoms. The van der Waals surface area contributed by atoms with Crippen LogP contribution in [0.3, 0.4) is 0 Å². The largest absolute Gasteiger partial charge is 0.457 e. The van der Waals surface area contributed by atoms with Crippen molar-refractivity contribution in [2.75, 3.05) is 11.4 Å². The van der Waals surface area contributed by atoms with E-state index in [9.17, 15) is 9.18 Å². The van der Waals surface area contributed by atoms with E-state index in [1.165, 1.54) is 12.4 Å². The van der Waals surface area contributed by atoms with E-state index in [0.717, 1.165) is 44.7 Å². The molecule has 0 amide bonds. The summed E-state index contributed by atoms with van der Waals surface area (Å²) in [5, 5.41) is 0.964. The Kier molecular flexibility index (Phi) is 3.98. The van der Waals surface area contributed by atoms with E-state index in [1.54, 1.807) is 6.07 Å². The first-order valence-electron chi connectivity index (χ1n) is 9.89. The van der Waals surface area contributed by atoms with Gasteiger partial charge in [-0.3, -0.25) is 0 Å². The Morgan fingerprint density at radius 1 is 1.00 bits per heavy atom. The molecule has 6 rings (SSSR count). The Balaban J connectivity index is 1.49. The third-order valence-electron chi connectivity index (χ3n) is 5.91. The maximum atomic E-state index is 13.9. The molecule has 4 aromatic rings. The van der Waals surface area contributed by atoms with Gasteiger partial charge >= 0.3 is 5.97 Å². The first-order chi connectivity index (χ1) is 15.1. The van der Waals surface area contributed by atoms with Crippen molar-refractivity contribution in [1.82, 2.24) is 9.97 Å². The van der Waals surface area contributed by atoms with Crippen LogP contribution < -0.4 is 4.90 Å². The summed E-state index contributed by atoms with van der Waals surface area (Å²) in [7, 11) is 0. The van der Waals surface area contributed by atoms with Crippen LogP contribution in [0.15, 0.2) is 54.9 Å². The van der Waals surface area contributed by atoms with Crippen LogP contribution in [-0.2, 0) is 17.8 Å². The number of fused-ring (bicyclic) bond motifs is 3. The molecular weight excluding hydrogens is 417 g/mol. The number of ether oxygens (including phenoxy) is 1. The first kappa shape index (κ1) is 18.3. The van der Waals surface area contributed by atoms with Crippen molar-refractivity contribution in [3.63, 3.8) is 0 Å². The SMILES string of the molecule is O=C1OCc2ccc(-c3ccc4ncnc(N5CCc6cc(F)c(Cl)cc65)c4c3)cc21. The van der Waals surface area contributed by atoms with Crippen LogP contribution in [0.4, 0.5) is 15.9 Å². The average molecular weight is 432 g/mol. The summed E-state index contributed by atoms with van der Waals surface area (Å²) in [5.41, 5.74) is 5.93. The van der Waals surface area contributed by atoms with Crippen molar-refractivity contribution in [3.8, 4) is 11.1 Å². The molecule has 0 unspecified atom stereocenters. The Morgan fingerprint density at radius 3 is 2.74 bits per heavy atom. The topological polar surface area (TPSA) is 55.3 Å².